The lowest BCUT2D eigenvalue weighted by Gasteiger charge is -2.23. The molecule has 0 saturated carbocycles. The van der Waals surface area contributed by atoms with Crippen LogP contribution >= 0.6 is 0 Å². The number of pyridine rings is 2. The van der Waals surface area contributed by atoms with E-state index in [9.17, 15) is 0 Å². The summed E-state index contributed by atoms with van der Waals surface area (Å²) in [4.78, 5) is 13.2. The molecule has 7 aromatic carbocycles. The Kier molecular flexibility index (Phi) is 7.25. The minimum atomic E-state index is -0.182. The van der Waals surface area contributed by atoms with Crippen molar-refractivity contribution in [2.75, 3.05) is 6.54 Å². The Morgan fingerprint density at radius 1 is 0.464 bits per heavy atom. The summed E-state index contributed by atoms with van der Waals surface area (Å²) in [6.45, 7) is 7.88. The van der Waals surface area contributed by atoms with Gasteiger partial charge in [-0.05, 0) is 171 Å². The SMILES string of the molecule is CC1C=C(c2ccc3ccc4c(-c5ccc6c(c5)C(C)(C)c5cc(-c7cc(-c8ccncc8)cc(-c8ccncc8)c7)ccc5-6)ccc5ccc2c3c54)C=NC1. The molecule has 56 heavy (non-hydrogen) atoms. The van der Waals surface area contributed by atoms with Gasteiger partial charge >= 0.3 is 0 Å². The van der Waals surface area contributed by atoms with Crippen molar-refractivity contribution < 1.29 is 0 Å². The van der Waals surface area contributed by atoms with Gasteiger partial charge in [0.05, 0.1) is 0 Å². The van der Waals surface area contributed by atoms with Gasteiger partial charge in [-0.25, -0.2) is 0 Å². The lowest BCUT2D eigenvalue weighted by atomic mass is 9.80. The van der Waals surface area contributed by atoms with Gasteiger partial charge in [0.25, 0.3) is 0 Å². The average molecular weight is 718 g/mol. The highest BCUT2D eigenvalue weighted by molar-refractivity contribution is 6.28. The first-order valence-corrected chi connectivity index (χ1v) is 19.6. The second-order valence-electron chi connectivity index (χ2n) is 16.2. The number of nitrogens with zero attached hydrogens (tertiary/aromatic N) is 3. The summed E-state index contributed by atoms with van der Waals surface area (Å²) >= 11 is 0. The molecule has 0 bridgehead atoms. The first-order valence-electron chi connectivity index (χ1n) is 19.6. The molecular formula is C53H39N3. The molecule has 1 aliphatic carbocycles. The molecule has 0 amide bonds. The van der Waals surface area contributed by atoms with Crippen LogP contribution < -0.4 is 0 Å². The molecule has 2 aromatic heterocycles. The number of aromatic nitrogens is 2. The van der Waals surface area contributed by atoms with Gasteiger partial charge in [-0.15, -0.1) is 0 Å². The summed E-state index contributed by atoms with van der Waals surface area (Å²) in [6.07, 6.45) is 11.9. The zero-order valence-electron chi connectivity index (χ0n) is 31.7. The van der Waals surface area contributed by atoms with E-state index in [1.165, 1.54) is 99.1 Å². The van der Waals surface area contributed by atoms with Crippen LogP contribution in [0.15, 0.2) is 163 Å². The third-order valence-electron chi connectivity index (χ3n) is 12.3. The fraction of sp³-hybridized carbons (Fsp3) is 0.113. The maximum atomic E-state index is 4.69. The van der Waals surface area contributed by atoms with Crippen molar-refractivity contribution in [3.05, 3.63) is 175 Å². The van der Waals surface area contributed by atoms with E-state index >= 15 is 0 Å². The standard InChI is InChI=1S/C53H39N3/c1-32-24-42(31-56-30-32)44-11-5-36-6-14-47-43(10-4-35-7-15-48(44)52(36)51(35)47)38-9-13-46-45-12-8-37(28-49(45)53(2,3)50(46)29-38)41-26-39(33-16-20-54-21-17-33)25-40(27-41)34-18-22-55-23-19-34/h4-29,31-32H,30H2,1-3H3. The molecule has 1 atom stereocenters. The second kappa shape index (κ2) is 12.4. The number of rotatable bonds is 5. The molecule has 266 valence electrons. The van der Waals surface area contributed by atoms with Crippen molar-refractivity contribution in [2.24, 2.45) is 10.9 Å². The van der Waals surface area contributed by atoms with Crippen molar-refractivity contribution >= 4 is 44.1 Å². The van der Waals surface area contributed by atoms with Crippen molar-refractivity contribution in [1.82, 2.24) is 9.97 Å². The highest BCUT2D eigenvalue weighted by atomic mass is 14.7. The Hall–Kier alpha value is -6.71. The van der Waals surface area contributed by atoms with Crippen LogP contribution in [0, 0.1) is 5.92 Å². The Balaban J connectivity index is 1.02. The number of fused-ring (bicyclic) bond motifs is 3. The van der Waals surface area contributed by atoms with Crippen LogP contribution in [-0.2, 0) is 5.41 Å². The molecule has 9 aromatic rings. The van der Waals surface area contributed by atoms with Crippen LogP contribution in [0.2, 0.25) is 0 Å². The topological polar surface area (TPSA) is 38.1 Å². The molecule has 1 aliphatic heterocycles. The summed E-state index contributed by atoms with van der Waals surface area (Å²) in [5, 5.41) is 7.83. The Labute approximate surface area is 327 Å². The largest absolute Gasteiger partial charge is 0.292 e. The summed E-state index contributed by atoms with van der Waals surface area (Å²) in [6, 6.07) is 47.9. The molecule has 2 aliphatic rings. The number of dihydropyridines is 1. The molecule has 0 saturated heterocycles. The molecular weight excluding hydrogens is 679 g/mol. The minimum Gasteiger partial charge on any atom is -0.292 e. The molecule has 0 fully saturated rings. The van der Waals surface area contributed by atoms with E-state index in [4.69, 9.17) is 0 Å². The molecule has 3 nitrogen and oxygen atoms in total. The van der Waals surface area contributed by atoms with E-state index in [0.717, 1.165) is 17.7 Å². The monoisotopic (exact) mass is 717 g/mol. The Morgan fingerprint density at radius 2 is 0.946 bits per heavy atom. The van der Waals surface area contributed by atoms with Crippen LogP contribution in [0.25, 0.3) is 93.5 Å². The first-order chi connectivity index (χ1) is 27.4. The van der Waals surface area contributed by atoms with E-state index in [1.54, 1.807) is 0 Å². The van der Waals surface area contributed by atoms with E-state index in [1.807, 2.05) is 24.8 Å². The quantitative estimate of drug-likeness (QED) is 0.166. The number of allylic oxidation sites excluding steroid dienone is 1. The molecule has 0 N–H and O–H groups in total. The fourth-order valence-corrected chi connectivity index (χ4v) is 9.48. The number of hydrogen-bond acceptors (Lipinski definition) is 3. The van der Waals surface area contributed by atoms with Gasteiger partial charge in [-0.3, -0.25) is 15.0 Å². The number of hydrogen-bond donors (Lipinski definition) is 0. The van der Waals surface area contributed by atoms with Gasteiger partial charge in [-0.2, -0.15) is 0 Å². The average Bonchev–Trinajstić information content (AvgIpc) is 3.47. The van der Waals surface area contributed by atoms with Gasteiger partial charge in [0.15, 0.2) is 0 Å². The van der Waals surface area contributed by atoms with E-state index in [0.29, 0.717) is 5.92 Å². The predicted octanol–water partition coefficient (Wildman–Crippen LogP) is 13.5. The summed E-state index contributed by atoms with van der Waals surface area (Å²) < 4.78 is 0. The van der Waals surface area contributed by atoms with Crippen molar-refractivity contribution in [3.8, 4) is 55.6 Å². The summed E-state index contributed by atoms with van der Waals surface area (Å²) in [5.41, 5.74) is 17.3. The third kappa shape index (κ3) is 5.08. The second-order valence-corrected chi connectivity index (χ2v) is 16.2. The van der Waals surface area contributed by atoms with Crippen molar-refractivity contribution in [1.29, 1.82) is 0 Å². The lowest BCUT2D eigenvalue weighted by molar-refractivity contribution is 0.661. The van der Waals surface area contributed by atoms with E-state index in [2.05, 4.69) is 175 Å². The maximum Gasteiger partial charge on any atom is 0.0449 e. The first kappa shape index (κ1) is 32.7. The van der Waals surface area contributed by atoms with E-state index in [-0.39, 0.29) is 5.41 Å². The van der Waals surface area contributed by atoms with Crippen LogP contribution in [-0.4, -0.2) is 22.7 Å². The number of benzene rings is 7. The highest BCUT2D eigenvalue weighted by Crippen LogP contribution is 2.52. The van der Waals surface area contributed by atoms with Gasteiger partial charge in [0.1, 0.15) is 0 Å². The number of aliphatic imine (C=N–C) groups is 1. The molecule has 3 heteroatoms. The van der Waals surface area contributed by atoms with Crippen molar-refractivity contribution in [3.63, 3.8) is 0 Å². The highest BCUT2D eigenvalue weighted by Gasteiger charge is 2.36. The van der Waals surface area contributed by atoms with Gasteiger partial charge < -0.3 is 0 Å². The van der Waals surface area contributed by atoms with Crippen LogP contribution in [0.5, 0.6) is 0 Å². The molecule has 0 spiro atoms. The lowest BCUT2D eigenvalue weighted by Crippen LogP contribution is -2.15. The zero-order chi connectivity index (χ0) is 37.5. The van der Waals surface area contributed by atoms with Gasteiger partial charge in [0.2, 0.25) is 0 Å². The Morgan fingerprint density at radius 3 is 1.54 bits per heavy atom. The summed E-state index contributed by atoms with van der Waals surface area (Å²) in [7, 11) is 0. The van der Waals surface area contributed by atoms with Gasteiger partial charge in [-0.1, -0.05) is 99.6 Å². The van der Waals surface area contributed by atoms with Crippen molar-refractivity contribution in [2.45, 2.75) is 26.2 Å². The molecule has 3 heterocycles. The summed E-state index contributed by atoms with van der Waals surface area (Å²) in [5.74, 6) is 0.441. The molecule has 11 rings (SSSR count). The Bertz CT molecular complexity index is 3020. The predicted molar refractivity (Wildman–Crippen MR) is 236 cm³/mol. The third-order valence-corrected chi connectivity index (χ3v) is 12.3. The smallest absolute Gasteiger partial charge is 0.0449 e. The van der Waals surface area contributed by atoms with Gasteiger partial charge in [0, 0.05) is 43.0 Å². The van der Waals surface area contributed by atoms with Crippen LogP contribution in [0.4, 0.5) is 0 Å². The maximum absolute atomic E-state index is 4.69. The van der Waals surface area contributed by atoms with E-state index < -0.39 is 0 Å². The normalized spacial score (nSPS) is 15.7. The van der Waals surface area contributed by atoms with Crippen LogP contribution in [0.3, 0.4) is 0 Å². The van der Waals surface area contributed by atoms with Crippen LogP contribution in [0.1, 0.15) is 37.5 Å². The zero-order valence-corrected chi connectivity index (χ0v) is 31.7. The fourth-order valence-electron chi connectivity index (χ4n) is 9.48. The minimum absolute atomic E-state index is 0.182. The molecule has 0 radical (unpaired) electrons. The molecule has 1 unspecified atom stereocenters.